The molecule has 1 fully saturated rings. The molecule has 1 aliphatic carbocycles. The first-order chi connectivity index (χ1) is 15.3. The van der Waals surface area contributed by atoms with Gasteiger partial charge in [-0.25, -0.2) is 8.42 Å². The maximum absolute atomic E-state index is 13.2. The molecular weight excluding hydrogens is 420 g/mol. The Morgan fingerprint density at radius 3 is 2.22 bits per heavy atom. The predicted molar refractivity (Wildman–Crippen MR) is 129 cm³/mol. The molecule has 1 amide bonds. The van der Waals surface area contributed by atoms with Crippen molar-refractivity contribution >= 4 is 15.9 Å². The summed E-state index contributed by atoms with van der Waals surface area (Å²) in [6, 6.07) is 16.9. The molecule has 5 nitrogen and oxygen atoms in total. The highest BCUT2D eigenvalue weighted by atomic mass is 32.2. The quantitative estimate of drug-likeness (QED) is 0.591. The minimum absolute atomic E-state index is 0.0148. The summed E-state index contributed by atoms with van der Waals surface area (Å²) < 4.78 is 28.1. The van der Waals surface area contributed by atoms with E-state index in [2.05, 4.69) is 17.4 Å². The van der Waals surface area contributed by atoms with Gasteiger partial charge in [0.15, 0.2) is 0 Å². The summed E-state index contributed by atoms with van der Waals surface area (Å²) >= 11 is 0. The molecule has 1 N–H and O–H groups in total. The van der Waals surface area contributed by atoms with Crippen LogP contribution in [0.25, 0.3) is 0 Å². The number of aryl methyl sites for hydroxylation is 1. The third-order valence-electron chi connectivity index (χ3n) is 6.22. The molecule has 0 spiro atoms. The van der Waals surface area contributed by atoms with Crippen molar-refractivity contribution in [2.75, 3.05) is 13.1 Å². The van der Waals surface area contributed by atoms with Crippen LogP contribution in [0.1, 0.15) is 50.7 Å². The first kappa shape index (κ1) is 24.5. The second-order valence-electron chi connectivity index (χ2n) is 9.45. The molecule has 0 aromatic heterocycles. The molecule has 0 radical (unpaired) electrons. The largest absolute Gasteiger partial charge is 0.352 e. The van der Waals surface area contributed by atoms with E-state index in [0.29, 0.717) is 24.5 Å². The van der Waals surface area contributed by atoms with Crippen molar-refractivity contribution in [3.8, 4) is 0 Å². The molecule has 2 aromatic carbocycles. The van der Waals surface area contributed by atoms with Gasteiger partial charge >= 0.3 is 0 Å². The lowest BCUT2D eigenvalue weighted by molar-refractivity contribution is -0.126. The molecule has 32 heavy (non-hydrogen) atoms. The van der Waals surface area contributed by atoms with E-state index in [9.17, 15) is 13.2 Å². The average molecular weight is 457 g/mol. The van der Waals surface area contributed by atoms with Crippen LogP contribution in [0, 0.1) is 24.7 Å². The van der Waals surface area contributed by atoms with Crippen molar-refractivity contribution in [3.63, 3.8) is 0 Å². The van der Waals surface area contributed by atoms with Crippen LogP contribution in [0.3, 0.4) is 0 Å². The fourth-order valence-electron chi connectivity index (χ4n) is 4.35. The topological polar surface area (TPSA) is 66.5 Å². The van der Waals surface area contributed by atoms with Crippen molar-refractivity contribution in [2.24, 2.45) is 17.8 Å². The third kappa shape index (κ3) is 6.66. The zero-order valence-corrected chi connectivity index (χ0v) is 20.3. The van der Waals surface area contributed by atoms with Gasteiger partial charge < -0.3 is 5.32 Å². The third-order valence-corrected chi connectivity index (χ3v) is 8.06. The Bertz CT molecular complexity index is 964. The highest BCUT2D eigenvalue weighted by Gasteiger charge is 2.31. The van der Waals surface area contributed by atoms with Crippen LogP contribution in [0.15, 0.2) is 59.5 Å². The Morgan fingerprint density at radius 1 is 1.00 bits per heavy atom. The molecule has 2 aromatic rings. The van der Waals surface area contributed by atoms with E-state index in [0.717, 1.165) is 31.2 Å². The molecule has 0 bridgehead atoms. The van der Waals surface area contributed by atoms with E-state index in [1.165, 1.54) is 5.56 Å². The summed E-state index contributed by atoms with van der Waals surface area (Å²) in [6.07, 6.45) is 3.37. The average Bonchev–Trinajstić information content (AvgIpc) is 2.79. The van der Waals surface area contributed by atoms with E-state index in [1.807, 2.05) is 39.0 Å². The molecule has 0 unspecified atom stereocenters. The molecule has 0 atom stereocenters. The lowest BCUT2D eigenvalue weighted by Gasteiger charge is -2.32. The lowest BCUT2D eigenvalue weighted by atomic mass is 9.81. The number of benzene rings is 2. The van der Waals surface area contributed by atoms with Gasteiger partial charge in [0.25, 0.3) is 0 Å². The number of carbonyl (C=O) groups excluding carboxylic acids is 1. The number of nitrogens with one attached hydrogen (secondary N) is 1. The summed E-state index contributed by atoms with van der Waals surface area (Å²) in [4.78, 5) is 13.0. The molecule has 0 saturated heterocycles. The Morgan fingerprint density at radius 2 is 1.62 bits per heavy atom. The molecule has 174 valence electrons. The number of amides is 1. The van der Waals surface area contributed by atoms with E-state index in [4.69, 9.17) is 0 Å². The smallest absolute Gasteiger partial charge is 0.243 e. The van der Waals surface area contributed by atoms with Crippen LogP contribution in [-0.4, -0.2) is 31.7 Å². The van der Waals surface area contributed by atoms with Gasteiger partial charge in [0, 0.05) is 25.6 Å². The Balaban J connectivity index is 1.54. The van der Waals surface area contributed by atoms with E-state index < -0.39 is 10.0 Å². The summed E-state index contributed by atoms with van der Waals surface area (Å²) in [7, 11) is -3.51. The SMILES string of the molecule is Cc1ccc(CNC(=O)C2CCC(CN(CC(C)C)S(=O)(=O)c3ccccc3)CC2)cc1. The van der Waals surface area contributed by atoms with Gasteiger partial charge in [-0.3, -0.25) is 4.79 Å². The highest BCUT2D eigenvalue weighted by molar-refractivity contribution is 7.89. The van der Waals surface area contributed by atoms with Crippen molar-refractivity contribution in [2.45, 2.75) is 57.9 Å². The van der Waals surface area contributed by atoms with Crippen LogP contribution in [0.2, 0.25) is 0 Å². The fraction of sp³-hybridized carbons (Fsp3) is 0.500. The molecular formula is C26H36N2O3S. The second-order valence-corrected chi connectivity index (χ2v) is 11.4. The zero-order chi connectivity index (χ0) is 23.1. The van der Waals surface area contributed by atoms with Gasteiger partial charge in [-0.05, 0) is 62.1 Å². The highest BCUT2D eigenvalue weighted by Crippen LogP contribution is 2.31. The van der Waals surface area contributed by atoms with Crippen molar-refractivity contribution in [3.05, 3.63) is 65.7 Å². The monoisotopic (exact) mass is 456 g/mol. The number of sulfonamides is 1. The van der Waals surface area contributed by atoms with E-state index >= 15 is 0 Å². The summed E-state index contributed by atoms with van der Waals surface area (Å²) in [6.45, 7) is 7.72. The van der Waals surface area contributed by atoms with Crippen molar-refractivity contribution in [1.29, 1.82) is 0 Å². The van der Waals surface area contributed by atoms with Gasteiger partial charge in [-0.2, -0.15) is 4.31 Å². The Hall–Kier alpha value is -2.18. The Labute approximate surface area is 193 Å². The maximum atomic E-state index is 13.2. The molecule has 1 saturated carbocycles. The van der Waals surface area contributed by atoms with Crippen molar-refractivity contribution in [1.82, 2.24) is 9.62 Å². The summed E-state index contributed by atoms with van der Waals surface area (Å²) in [5.41, 5.74) is 2.31. The zero-order valence-electron chi connectivity index (χ0n) is 19.5. The van der Waals surface area contributed by atoms with Crippen LogP contribution in [-0.2, 0) is 21.4 Å². The van der Waals surface area contributed by atoms with E-state index in [1.54, 1.807) is 28.6 Å². The number of hydrogen-bond acceptors (Lipinski definition) is 3. The summed E-state index contributed by atoms with van der Waals surface area (Å²) in [5, 5.41) is 3.07. The Kier molecular flexibility index (Phi) is 8.49. The van der Waals surface area contributed by atoms with Crippen LogP contribution >= 0.6 is 0 Å². The number of hydrogen-bond donors (Lipinski definition) is 1. The first-order valence-electron chi connectivity index (χ1n) is 11.6. The first-order valence-corrected chi connectivity index (χ1v) is 13.1. The molecule has 0 aliphatic heterocycles. The van der Waals surface area contributed by atoms with Gasteiger partial charge in [-0.15, -0.1) is 0 Å². The predicted octanol–water partition coefficient (Wildman–Crippen LogP) is 4.76. The van der Waals surface area contributed by atoms with Crippen LogP contribution in [0.5, 0.6) is 0 Å². The molecule has 6 heteroatoms. The van der Waals surface area contributed by atoms with Crippen LogP contribution < -0.4 is 5.32 Å². The van der Waals surface area contributed by atoms with Crippen molar-refractivity contribution < 1.29 is 13.2 Å². The molecule has 3 rings (SSSR count). The summed E-state index contributed by atoms with van der Waals surface area (Å²) in [5.74, 6) is 0.659. The number of rotatable bonds is 9. The van der Waals surface area contributed by atoms with Crippen LogP contribution in [0.4, 0.5) is 0 Å². The standard InChI is InChI=1S/C26H36N2O3S/c1-20(2)18-28(32(30,31)25-7-5-4-6-8-25)19-23-13-15-24(16-14-23)26(29)27-17-22-11-9-21(3)10-12-22/h4-12,20,23-24H,13-19H2,1-3H3,(H,27,29). The minimum Gasteiger partial charge on any atom is -0.352 e. The van der Waals surface area contributed by atoms with E-state index in [-0.39, 0.29) is 23.7 Å². The number of nitrogens with zero attached hydrogens (tertiary/aromatic N) is 1. The van der Waals surface area contributed by atoms with Gasteiger partial charge in [0.05, 0.1) is 4.90 Å². The van der Waals surface area contributed by atoms with Gasteiger partial charge in [-0.1, -0.05) is 61.9 Å². The maximum Gasteiger partial charge on any atom is 0.243 e. The molecule has 0 heterocycles. The minimum atomic E-state index is -3.51. The van der Waals surface area contributed by atoms with Gasteiger partial charge in [0.2, 0.25) is 15.9 Å². The normalized spacial score (nSPS) is 19.3. The fourth-order valence-corrected chi connectivity index (χ4v) is 6.05. The number of carbonyl (C=O) groups is 1. The molecule has 1 aliphatic rings. The second kappa shape index (κ2) is 11.1. The van der Waals surface area contributed by atoms with Gasteiger partial charge in [0.1, 0.15) is 0 Å². The lowest BCUT2D eigenvalue weighted by Crippen LogP contribution is -2.40.